The van der Waals surface area contributed by atoms with Crippen LogP contribution >= 0.6 is 11.6 Å². The van der Waals surface area contributed by atoms with E-state index >= 15 is 0 Å². The van der Waals surface area contributed by atoms with E-state index in [9.17, 15) is 0 Å². The largest absolute Gasteiger partial charge is 0.484 e. The molecule has 0 aliphatic rings. The quantitative estimate of drug-likeness (QED) is 0.899. The van der Waals surface area contributed by atoms with Crippen LogP contribution in [0.25, 0.3) is 0 Å². The van der Waals surface area contributed by atoms with Crippen molar-refractivity contribution < 1.29 is 4.74 Å². The van der Waals surface area contributed by atoms with Crippen LogP contribution < -0.4 is 10.5 Å². The number of hydrogen-bond donors (Lipinski definition) is 1. The summed E-state index contributed by atoms with van der Waals surface area (Å²) in [6.07, 6.45) is -0.127. The maximum absolute atomic E-state index is 5.82. The van der Waals surface area contributed by atoms with Crippen molar-refractivity contribution in [3.63, 3.8) is 0 Å². The third kappa shape index (κ3) is 3.22. The lowest BCUT2D eigenvalue weighted by atomic mass is 10.1. The van der Waals surface area contributed by atoms with Gasteiger partial charge < -0.3 is 10.5 Å². The molecular weight excluding hydrogens is 234 g/mol. The summed E-state index contributed by atoms with van der Waals surface area (Å²) in [4.78, 5) is 0. The Hall–Kier alpha value is -1.51. The minimum atomic E-state index is -0.127. The van der Waals surface area contributed by atoms with E-state index in [0.29, 0.717) is 11.6 Å². The van der Waals surface area contributed by atoms with Gasteiger partial charge in [0.2, 0.25) is 0 Å². The van der Waals surface area contributed by atoms with E-state index in [-0.39, 0.29) is 6.10 Å². The van der Waals surface area contributed by atoms with Crippen LogP contribution in [0, 0.1) is 0 Å². The van der Waals surface area contributed by atoms with Gasteiger partial charge in [0.1, 0.15) is 11.9 Å². The van der Waals surface area contributed by atoms with E-state index in [1.807, 2.05) is 42.5 Å². The van der Waals surface area contributed by atoms with E-state index in [4.69, 9.17) is 22.1 Å². The fourth-order valence-electron chi connectivity index (χ4n) is 1.60. The molecule has 0 spiro atoms. The van der Waals surface area contributed by atoms with Gasteiger partial charge in [-0.2, -0.15) is 0 Å². The van der Waals surface area contributed by atoms with Gasteiger partial charge in [-0.1, -0.05) is 41.9 Å². The maximum Gasteiger partial charge on any atom is 0.136 e. The number of ether oxygens (including phenoxy) is 1. The van der Waals surface area contributed by atoms with Gasteiger partial charge in [-0.15, -0.1) is 0 Å². The minimum absolute atomic E-state index is 0.127. The van der Waals surface area contributed by atoms with Crippen molar-refractivity contribution in [3.05, 3.63) is 65.2 Å². The minimum Gasteiger partial charge on any atom is -0.484 e. The third-order valence-corrected chi connectivity index (χ3v) is 2.73. The van der Waals surface area contributed by atoms with Crippen LogP contribution in [0.3, 0.4) is 0 Å². The Balaban J connectivity index is 2.13. The SMILES string of the molecule is NCC(Oc1ccc(Cl)cc1)c1ccccc1. The molecule has 0 saturated carbocycles. The highest BCUT2D eigenvalue weighted by molar-refractivity contribution is 6.30. The Morgan fingerprint density at radius 1 is 1.00 bits per heavy atom. The molecule has 1 unspecified atom stereocenters. The predicted octanol–water partition coefficient (Wildman–Crippen LogP) is 3.42. The number of halogens is 1. The monoisotopic (exact) mass is 247 g/mol. The molecule has 2 rings (SSSR count). The highest BCUT2D eigenvalue weighted by Crippen LogP contribution is 2.22. The summed E-state index contributed by atoms with van der Waals surface area (Å²) in [7, 11) is 0. The maximum atomic E-state index is 5.82. The van der Waals surface area contributed by atoms with Gasteiger partial charge in [-0.05, 0) is 29.8 Å². The summed E-state index contributed by atoms with van der Waals surface area (Å²) in [5.41, 5.74) is 6.81. The molecule has 0 aliphatic heterocycles. The second-order valence-corrected chi connectivity index (χ2v) is 4.14. The predicted molar refractivity (Wildman–Crippen MR) is 70.3 cm³/mol. The summed E-state index contributed by atoms with van der Waals surface area (Å²) in [5, 5.41) is 0.696. The second-order valence-electron chi connectivity index (χ2n) is 3.71. The standard InChI is InChI=1S/C14H14ClNO/c15-12-6-8-13(9-7-12)17-14(10-16)11-4-2-1-3-5-11/h1-9,14H,10,16H2. The van der Waals surface area contributed by atoms with Crippen molar-refractivity contribution in [1.82, 2.24) is 0 Å². The first-order chi connectivity index (χ1) is 8.29. The molecule has 2 nitrogen and oxygen atoms in total. The van der Waals surface area contributed by atoms with Crippen molar-refractivity contribution in [2.75, 3.05) is 6.54 Å². The fraction of sp³-hybridized carbons (Fsp3) is 0.143. The normalized spacial score (nSPS) is 12.1. The van der Waals surface area contributed by atoms with E-state index in [2.05, 4.69) is 0 Å². The number of benzene rings is 2. The fourth-order valence-corrected chi connectivity index (χ4v) is 1.72. The van der Waals surface area contributed by atoms with E-state index in [0.717, 1.165) is 11.3 Å². The Kier molecular flexibility index (Phi) is 4.02. The van der Waals surface area contributed by atoms with Crippen LogP contribution in [-0.4, -0.2) is 6.54 Å². The summed E-state index contributed by atoms with van der Waals surface area (Å²) >= 11 is 5.82. The van der Waals surface area contributed by atoms with Gasteiger partial charge in [-0.25, -0.2) is 0 Å². The van der Waals surface area contributed by atoms with Crippen LogP contribution in [0.5, 0.6) is 5.75 Å². The van der Waals surface area contributed by atoms with Gasteiger partial charge in [0.05, 0.1) is 0 Å². The van der Waals surface area contributed by atoms with Crippen LogP contribution in [0.1, 0.15) is 11.7 Å². The molecule has 2 N–H and O–H groups in total. The molecule has 0 bridgehead atoms. The molecule has 0 heterocycles. The molecule has 2 aromatic rings. The van der Waals surface area contributed by atoms with Gasteiger partial charge in [0, 0.05) is 11.6 Å². The first-order valence-electron chi connectivity index (χ1n) is 5.47. The van der Waals surface area contributed by atoms with Crippen molar-refractivity contribution in [2.24, 2.45) is 5.73 Å². The molecule has 3 heteroatoms. The van der Waals surface area contributed by atoms with E-state index < -0.39 is 0 Å². The molecule has 0 aromatic heterocycles. The Bertz CT molecular complexity index is 455. The lowest BCUT2D eigenvalue weighted by Gasteiger charge is -2.17. The summed E-state index contributed by atoms with van der Waals surface area (Å²) < 4.78 is 5.82. The van der Waals surface area contributed by atoms with Crippen LogP contribution in [0.2, 0.25) is 5.02 Å². The average Bonchev–Trinajstić information content (AvgIpc) is 2.39. The number of hydrogen-bond acceptors (Lipinski definition) is 2. The first-order valence-corrected chi connectivity index (χ1v) is 5.84. The first kappa shape index (κ1) is 12.0. The molecule has 0 amide bonds. The topological polar surface area (TPSA) is 35.2 Å². The molecule has 0 aliphatic carbocycles. The molecule has 0 fully saturated rings. The zero-order chi connectivity index (χ0) is 12.1. The average molecular weight is 248 g/mol. The summed E-state index contributed by atoms with van der Waals surface area (Å²) in [6.45, 7) is 0.437. The molecule has 2 aromatic carbocycles. The number of rotatable bonds is 4. The van der Waals surface area contributed by atoms with Crippen LogP contribution in [-0.2, 0) is 0 Å². The molecule has 88 valence electrons. The van der Waals surface area contributed by atoms with E-state index in [1.54, 1.807) is 12.1 Å². The zero-order valence-electron chi connectivity index (χ0n) is 9.34. The highest BCUT2D eigenvalue weighted by atomic mass is 35.5. The lowest BCUT2D eigenvalue weighted by Crippen LogP contribution is -2.18. The Labute approximate surface area is 106 Å². The van der Waals surface area contributed by atoms with Crippen molar-refractivity contribution >= 4 is 11.6 Å². The Morgan fingerprint density at radius 2 is 1.65 bits per heavy atom. The van der Waals surface area contributed by atoms with Crippen molar-refractivity contribution in [1.29, 1.82) is 0 Å². The highest BCUT2D eigenvalue weighted by Gasteiger charge is 2.10. The van der Waals surface area contributed by atoms with Gasteiger partial charge in [-0.3, -0.25) is 0 Å². The smallest absolute Gasteiger partial charge is 0.136 e. The summed E-state index contributed by atoms with van der Waals surface area (Å²) in [5.74, 6) is 0.772. The Morgan fingerprint density at radius 3 is 2.24 bits per heavy atom. The van der Waals surface area contributed by atoms with Gasteiger partial charge >= 0.3 is 0 Å². The molecule has 1 atom stereocenters. The van der Waals surface area contributed by atoms with Gasteiger partial charge in [0.25, 0.3) is 0 Å². The molecule has 0 saturated heterocycles. The van der Waals surface area contributed by atoms with Crippen LogP contribution in [0.15, 0.2) is 54.6 Å². The molecule has 0 radical (unpaired) electrons. The molecule has 17 heavy (non-hydrogen) atoms. The van der Waals surface area contributed by atoms with E-state index in [1.165, 1.54) is 0 Å². The van der Waals surface area contributed by atoms with Crippen molar-refractivity contribution in [3.8, 4) is 5.75 Å². The van der Waals surface area contributed by atoms with Crippen molar-refractivity contribution in [2.45, 2.75) is 6.10 Å². The third-order valence-electron chi connectivity index (χ3n) is 2.48. The number of nitrogens with two attached hydrogens (primary N) is 1. The second kappa shape index (κ2) is 5.71. The van der Waals surface area contributed by atoms with Gasteiger partial charge in [0.15, 0.2) is 0 Å². The van der Waals surface area contributed by atoms with Crippen LogP contribution in [0.4, 0.5) is 0 Å². The molecular formula is C14H14ClNO. The summed E-state index contributed by atoms with van der Waals surface area (Å²) in [6, 6.07) is 17.2. The zero-order valence-corrected chi connectivity index (χ0v) is 10.1. The lowest BCUT2D eigenvalue weighted by molar-refractivity contribution is 0.214.